The molecule has 0 heterocycles. The van der Waals surface area contributed by atoms with Crippen molar-refractivity contribution in [3.8, 4) is 5.75 Å². The first-order chi connectivity index (χ1) is 9.43. The van der Waals surface area contributed by atoms with Gasteiger partial charge in [-0.2, -0.15) is 0 Å². The van der Waals surface area contributed by atoms with Crippen LogP contribution in [0, 0.1) is 6.92 Å². The summed E-state index contributed by atoms with van der Waals surface area (Å²) in [4.78, 5) is 0.311. The molecule has 0 saturated carbocycles. The lowest BCUT2D eigenvalue weighted by atomic mass is 10.2. The van der Waals surface area contributed by atoms with Gasteiger partial charge in [-0.3, -0.25) is 0 Å². The number of rotatable bonds is 8. The average Bonchev–Trinajstić information content (AvgIpc) is 2.41. The van der Waals surface area contributed by atoms with Crippen molar-refractivity contribution < 1.29 is 13.2 Å². The van der Waals surface area contributed by atoms with Crippen LogP contribution in [0.2, 0.25) is 0 Å². The van der Waals surface area contributed by atoms with Gasteiger partial charge in [-0.05, 0) is 57.6 Å². The van der Waals surface area contributed by atoms with Crippen LogP contribution in [0.4, 0.5) is 0 Å². The molecule has 6 heteroatoms. The van der Waals surface area contributed by atoms with E-state index in [-0.39, 0.29) is 0 Å². The van der Waals surface area contributed by atoms with Crippen molar-refractivity contribution >= 4 is 10.0 Å². The first kappa shape index (κ1) is 16.9. The monoisotopic (exact) mass is 300 g/mol. The maximum atomic E-state index is 12.4. The van der Waals surface area contributed by atoms with E-state index >= 15 is 0 Å². The van der Waals surface area contributed by atoms with Crippen LogP contribution in [0.25, 0.3) is 0 Å². The van der Waals surface area contributed by atoms with Gasteiger partial charge in [-0.25, -0.2) is 12.7 Å². The number of ether oxygens (including phenoxy) is 1. The minimum atomic E-state index is -3.42. The second-order valence-corrected chi connectivity index (χ2v) is 6.69. The Hall–Kier alpha value is -1.11. The molecule has 1 aromatic rings. The van der Waals surface area contributed by atoms with E-state index in [4.69, 9.17) is 4.74 Å². The molecule has 0 unspecified atom stereocenters. The number of sulfonamides is 1. The standard InChI is InChI=1S/C14H24N2O3S/c1-5-19-14-8-7-13(11-12(14)2)20(17,18)16(4)10-6-9-15-3/h7-8,11,15H,5-6,9-10H2,1-4H3. The Labute approximate surface area is 122 Å². The van der Waals surface area contributed by atoms with Gasteiger partial charge >= 0.3 is 0 Å². The van der Waals surface area contributed by atoms with Crippen LogP contribution in [0.3, 0.4) is 0 Å². The molecule has 5 nitrogen and oxygen atoms in total. The summed E-state index contributed by atoms with van der Waals surface area (Å²) in [7, 11) is 0.0358. The van der Waals surface area contributed by atoms with E-state index in [9.17, 15) is 8.42 Å². The van der Waals surface area contributed by atoms with Crippen molar-refractivity contribution in [2.45, 2.75) is 25.2 Å². The van der Waals surface area contributed by atoms with Crippen LogP contribution < -0.4 is 10.1 Å². The molecule has 0 saturated heterocycles. The molecule has 0 fully saturated rings. The van der Waals surface area contributed by atoms with Gasteiger partial charge < -0.3 is 10.1 Å². The van der Waals surface area contributed by atoms with E-state index in [1.54, 1.807) is 25.2 Å². The van der Waals surface area contributed by atoms with E-state index in [0.29, 0.717) is 18.0 Å². The molecule has 1 aromatic carbocycles. The van der Waals surface area contributed by atoms with Crippen molar-refractivity contribution in [1.82, 2.24) is 9.62 Å². The molecule has 0 aliphatic rings. The molecule has 0 atom stereocenters. The maximum Gasteiger partial charge on any atom is 0.242 e. The minimum absolute atomic E-state index is 0.311. The van der Waals surface area contributed by atoms with E-state index in [1.165, 1.54) is 4.31 Å². The summed E-state index contributed by atoms with van der Waals surface area (Å²) in [5, 5.41) is 3.01. The van der Waals surface area contributed by atoms with Crippen molar-refractivity contribution in [3.63, 3.8) is 0 Å². The zero-order valence-corrected chi connectivity index (χ0v) is 13.5. The fourth-order valence-electron chi connectivity index (χ4n) is 1.88. The quantitative estimate of drug-likeness (QED) is 0.741. The number of aryl methyl sites for hydroxylation is 1. The van der Waals surface area contributed by atoms with Gasteiger partial charge in [0.1, 0.15) is 5.75 Å². The van der Waals surface area contributed by atoms with Crippen molar-refractivity contribution in [3.05, 3.63) is 23.8 Å². The molecule has 1 N–H and O–H groups in total. The van der Waals surface area contributed by atoms with Gasteiger partial charge in [-0.15, -0.1) is 0 Å². The second-order valence-electron chi connectivity index (χ2n) is 4.64. The van der Waals surface area contributed by atoms with Gasteiger partial charge in [-0.1, -0.05) is 0 Å². The summed E-state index contributed by atoms with van der Waals surface area (Å²) in [5.74, 6) is 0.726. The molecule has 0 aliphatic heterocycles. The highest BCUT2D eigenvalue weighted by Gasteiger charge is 2.21. The van der Waals surface area contributed by atoms with Crippen LogP contribution in [-0.4, -0.2) is 46.5 Å². The predicted molar refractivity (Wildman–Crippen MR) is 80.7 cm³/mol. The third-order valence-corrected chi connectivity index (χ3v) is 4.91. The molecule has 0 radical (unpaired) electrons. The third-order valence-electron chi connectivity index (χ3n) is 3.05. The van der Waals surface area contributed by atoms with E-state index < -0.39 is 10.0 Å². The molecule has 0 amide bonds. The van der Waals surface area contributed by atoms with Gasteiger partial charge in [0.05, 0.1) is 11.5 Å². The van der Waals surface area contributed by atoms with Crippen LogP contribution in [0.5, 0.6) is 5.75 Å². The Morgan fingerprint density at radius 1 is 1.35 bits per heavy atom. The molecular formula is C14H24N2O3S. The lowest BCUT2D eigenvalue weighted by Crippen LogP contribution is -2.29. The number of hydrogen-bond donors (Lipinski definition) is 1. The third kappa shape index (κ3) is 4.19. The molecule has 0 aromatic heterocycles. The maximum absolute atomic E-state index is 12.4. The average molecular weight is 300 g/mol. The van der Waals surface area contributed by atoms with Crippen molar-refractivity contribution in [2.75, 3.05) is 33.8 Å². The van der Waals surface area contributed by atoms with Gasteiger partial charge in [0, 0.05) is 13.6 Å². The largest absolute Gasteiger partial charge is 0.494 e. The first-order valence-corrected chi connectivity index (χ1v) is 8.22. The highest BCUT2D eigenvalue weighted by molar-refractivity contribution is 7.89. The summed E-state index contributed by atoms with van der Waals surface area (Å²) < 4.78 is 31.6. The Morgan fingerprint density at radius 3 is 2.60 bits per heavy atom. The zero-order chi connectivity index (χ0) is 15.2. The Kier molecular flexibility index (Phi) is 6.45. The summed E-state index contributed by atoms with van der Waals surface area (Å²) >= 11 is 0. The summed E-state index contributed by atoms with van der Waals surface area (Å²) in [5.41, 5.74) is 0.830. The fraction of sp³-hybridized carbons (Fsp3) is 0.571. The fourth-order valence-corrected chi connectivity index (χ4v) is 3.17. The van der Waals surface area contributed by atoms with E-state index in [1.807, 2.05) is 20.9 Å². The van der Waals surface area contributed by atoms with Gasteiger partial charge in [0.25, 0.3) is 0 Å². The topological polar surface area (TPSA) is 58.6 Å². The zero-order valence-electron chi connectivity index (χ0n) is 12.6. The highest BCUT2D eigenvalue weighted by atomic mass is 32.2. The van der Waals surface area contributed by atoms with E-state index in [0.717, 1.165) is 24.3 Å². The second kappa shape index (κ2) is 7.61. The van der Waals surface area contributed by atoms with Crippen molar-refractivity contribution in [1.29, 1.82) is 0 Å². The molecule has 20 heavy (non-hydrogen) atoms. The Balaban J connectivity index is 2.89. The number of benzene rings is 1. The molecule has 0 spiro atoms. The number of nitrogens with one attached hydrogen (secondary N) is 1. The van der Waals surface area contributed by atoms with Crippen LogP contribution in [0.15, 0.2) is 23.1 Å². The lowest BCUT2D eigenvalue weighted by Gasteiger charge is -2.18. The molecule has 114 valence electrons. The predicted octanol–water partition coefficient (Wildman–Crippen LogP) is 1.62. The lowest BCUT2D eigenvalue weighted by molar-refractivity contribution is 0.337. The number of nitrogens with zero attached hydrogens (tertiary/aromatic N) is 1. The molecule has 0 bridgehead atoms. The normalized spacial score (nSPS) is 11.8. The van der Waals surface area contributed by atoms with Crippen LogP contribution in [-0.2, 0) is 10.0 Å². The number of hydrogen-bond acceptors (Lipinski definition) is 4. The molecule has 0 aliphatic carbocycles. The molecular weight excluding hydrogens is 276 g/mol. The van der Waals surface area contributed by atoms with Gasteiger partial charge in [0.2, 0.25) is 10.0 Å². The van der Waals surface area contributed by atoms with Gasteiger partial charge in [0.15, 0.2) is 0 Å². The minimum Gasteiger partial charge on any atom is -0.494 e. The summed E-state index contributed by atoms with van der Waals surface area (Å²) in [6, 6.07) is 4.98. The van der Waals surface area contributed by atoms with Crippen molar-refractivity contribution in [2.24, 2.45) is 0 Å². The summed E-state index contributed by atoms with van der Waals surface area (Å²) in [6.45, 7) is 5.61. The van der Waals surface area contributed by atoms with E-state index in [2.05, 4.69) is 5.32 Å². The highest BCUT2D eigenvalue weighted by Crippen LogP contribution is 2.23. The van der Waals surface area contributed by atoms with Crippen LogP contribution in [0.1, 0.15) is 18.9 Å². The smallest absolute Gasteiger partial charge is 0.242 e. The summed E-state index contributed by atoms with van der Waals surface area (Å²) in [6.07, 6.45) is 0.780. The van der Waals surface area contributed by atoms with Crippen LogP contribution >= 0.6 is 0 Å². The Morgan fingerprint density at radius 2 is 2.05 bits per heavy atom. The molecule has 1 rings (SSSR count). The Bertz CT molecular complexity index is 529. The first-order valence-electron chi connectivity index (χ1n) is 6.77. The SMILES string of the molecule is CCOc1ccc(S(=O)(=O)N(C)CCCNC)cc1C.